The van der Waals surface area contributed by atoms with Crippen LogP contribution in [0.1, 0.15) is 149 Å². The van der Waals surface area contributed by atoms with Crippen molar-refractivity contribution in [1.29, 1.82) is 0 Å². The lowest BCUT2D eigenvalue weighted by atomic mass is 9.55. The molecule has 4 nitrogen and oxygen atoms in total. The lowest BCUT2D eigenvalue weighted by molar-refractivity contribution is -0.156. The van der Waals surface area contributed by atoms with E-state index in [1.807, 2.05) is 13.0 Å². The van der Waals surface area contributed by atoms with Crippen LogP contribution >= 0.6 is 0 Å². The fourth-order valence-corrected chi connectivity index (χ4v) is 10.3. The molecule has 0 bridgehead atoms. The van der Waals surface area contributed by atoms with Crippen molar-refractivity contribution in [2.45, 2.75) is 156 Å². The lowest BCUT2D eigenvalue weighted by Gasteiger charge is -2.51. The summed E-state index contributed by atoms with van der Waals surface area (Å²) in [6.07, 6.45) is 22.6. The predicted octanol–water partition coefficient (Wildman–Crippen LogP) is 11.0. The van der Waals surface area contributed by atoms with Crippen LogP contribution in [0, 0.1) is 53.3 Å². The van der Waals surface area contributed by atoms with Gasteiger partial charge in [0.1, 0.15) is 5.78 Å². The van der Waals surface area contributed by atoms with Crippen LogP contribution in [0.5, 0.6) is 0 Å². The number of ether oxygens (including phenoxy) is 2. The molecule has 0 heterocycles. The van der Waals surface area contributed by atoms with E-state index >= 15 is 0 Å². The maximum absolute atomic E-state index is 12.9. The Labute approximate surface area is 282 Å². The van der Waals surface area contributed by atoms with E-state index in [2.05, 4.69) is 45.0 Å². The number of hydrogen-bond donors (Lipinski definition) is 0. The molecule has 0 saturated heterocycles. The molecule has 0 spiro atoms. The van der Waals surface area contributed by atoms with Crippen molar-refractivity contribution in [2.75, 3.05) is 7.11 Å². The molecule has 0 N–H and O–H groups in total. The molecule has 3 aliphatic rings. The summed E-state index contributed by atoms with van der Waals surface area (Å²) in [4.78, 5) is 25.3. The van der Waals surface area contributed by atoms with Gasteiger partial charge in [0.25, 0.3) is 0 Å². The maximum atomic E-state index is 12.9. The predicted molar refractivity (Wildman–Crippen MR) is 189 cm³/mol. The topological polar surface area (TPSA) is 52.6 Å². The van der Waals surface area contributed by atoms with Gasteiger partial charge in [0.2, 0.25) is 0 Å². The molecule has 1 aromatic rings. The average molecular weight is 637 g/mol. The Hall–Kier alpha value is -1.68. The first kappa shape index (κ1) is 37.1. The van der Waals surface area contributed by atoms with Crippen LogP contribution in [-0.4, -0.2) is 25.0 Å². The van der Waals surface area contributed by atoms with Crippen LogP contribution in [0.25, 0.3) is 0 Å². The second kappa shape index (κ2) is 19.4. The third kappa shape index (κ3) is 10.4. The van der Waals surface area contributed by atoms with Crippen molar-refractivity contribution in [3.05, 3.63) is 35.9 Å². The van der Waals surface area contributed by atoms with Gasteiger partial charge in [0.15, 0.2) is 0 Å². The minimum Gasteiger partial charge on any atom is -0.469 e. The Bertz CT molecular complexity index is 1020. The minimum atomic E-state index is -0.160. The summed E-state index contributed by atoms with van der Waals surface area (Å²) in [6, 6.07) is 10.4. The summed E-state index contributed by atoms with van der Waals surface area (Å²) < 4.78 is 11.9. The number of esters is 1. The van der Waals surface area contributed by atoms with Gasteiger partial charge in [-0.05, 0) is 105 Å². The molecule has 4 heteroatoms. The molecule has 3 saturated carbocycles. The van der Waals surface area contributed by atoms with Gasteiger partial charge < -0.3 is 9.47 Å². The molecule has 260 valence electrons. The highest BCUT2D eigenvalue weighted by atomic mass is 16.5. The first-order valence-corrected chi connectivity index (χ1v) is 19.6. The summed E-state index contributed by atoms with van der Waals surface area (Å²) in [5.74, 6) is 5.43. The van der Waals surface area contributed by atoms with E-state index in [9.17, 15) is 9.59 Å². The monoisotopic (exact) mass is 637 g/mol. The molecule has 10 unspecified atom stereocenters. The highest BCUT2D eigenvalue weighted by Crippen LogP contribution is 2.54. The Balaban J connectivity index is 1.54. The molecular weight excluding hydrogens is 568 g/mol. The highest BCUT2D eigenvalue weighted by Gasteiger charge is 2.47. The number of benzene rings is 1. The molecule has 0 radical (unpaired) electrons. The van der Waals surface area contributed by atoms with Gasteiger partial charge in [-0.25, -0.2) is 0 Å². The zero-order chi connectivity index (χ0) is 32.9. The lowest BCUT2D eigenvalue weighted by Crippen LogP contribution is -2.45. The van der Waals surface area contributed by atoms with Crippen molar-refractivity contribution in [3.8, 4) is 0 Å². The standard InChI is InChI=1S/C42H68O4/c1-6-8-10-15-19-33-27-40(36-22-24-38(42(44)45-5)41(28-36)46-29-32-17-13-12-14-18-32)34(20-16-11-9-7-2)26-39(33)35-21-23-37(31(4)43)30(3)25-35/h12-14,17-18,30,33-41H,6-11,15-16,19-29H2,1-5H3. The van der Waals surface area contributed by atoms with E-state index in [1.54, 1.807) is 0 Å². The second-order valence-electron chi connectivity index (χ2n) is 15.8. The van der Waals surface area contributed by atoms with Gasteiger partial charge >= 0.3 is 5.97 Å². The van der Waals surface area contributed by atoms with Crippen molar-refractivity contribution in [1.82, 2.24) is 0 Å². The molecule has 1 aromatic carbocycles. The SMILES string of the molecule is CCCCCCC1CC(C2CCC(C(=O)OC)C(OCc3ccccc3)C2)C(CCCCCC)CC1C1CCC(C(C)=O)C(C)C1. The fourth-order valence-electron chi connectivity index (χ4n) is 10.3. The first-order valence-electron chi connectivity index (χ1n) is 19.6. The van der Waals surface area contributed by atoms with Crippen LogP contribution in [0.4, 0.5) is 0 Å². The van der Waals surface area contributed by atoms with Crippen molar-refractivity contribution >= 4 is 11.8 Å². The van der Waals surface area contributed by atoms with E-state index < -0.39 is 0 Å². The number of methoxy groups -OCH3 is 1. The third-order valence-corrected chi connectivity index (χ3v) is 12.8. The third-order valence-electron chi connectivity index (χ3n) is 12.8. The van der Waals surface area contributed by atoms with E-state index in [4.69, 9.17) is 9.47 Å². The molecular formula is C42H68O4. The van der Waals surface area contributed by atoms with Crippen LogP contribution in [-0.2, 0) is 25.7 Å². The fraction of sp³-hybridized carbons (Fsp3) is 0.810. The van der Waals surface area contributed by atoms with Gasteiger partial charge in [-0.2, -0.15) is 0 Å². The summed E-state index contributed by atoms with van der Waals surface area (Å²) in [5.41, 5.74) is 1.17. The Morgan fingerprint density at radius 3 is 1.80 bits per heavy atom. The first-order chi connectivity index (χ1) is 22.4. The zero-order valence-corrected chi connectivity index (χ0v) is 30.2. The molecule has 0 aromatic heterocycles. The normalized spacial score (nSPS) is 33.4. The number of Topliss-reactive ketones (excluding diaryl/α,β-unsaturated/α-hetero) is 1. The molecule has 3 aliphatic carbocycles. The van der Waals surface area contributed by atoms with E-state index in [0.717, 1.165) is 55.3 Å². The summed E-state index contributed by atoms with van der Waals surface area (Å²) in [6.45, 7) is 9.37. The van der Waals surface area contributed by atoms with E-state index in [0.29, 0.717) is 24.2 Å². The molecule has 0 amide bonds. The van der Waals surface area contributed by atoms with Crippen molar-refractivity contribution < 1.29 is 19.1 Å². The van der Waals surface area contributed by atoms with Gasteiger partial charge in [-0.3, -0.25) is 9.59 Å². The number of carbonyl (C=O) groups is 2. The molecule has 46 heavy (non-hydrogen) atoms. The molecule has 4 rings (SSSR count). The Kier molecular flexibility index (Phi) is 15.6. The summed E-state index contributed by atoms with van der Waals surface area (Å²) >= 11 is 0. The van der Waals surface area contributed by atoms with Crippen molar-refractivity contribution in [3.63, 3.8) is 0 Å². The van der Waals surface area contributed by atoms with Crippen LogP contribution in [0.3, 0.4) is 0 Å². The van der Waals surface area contributed by atoms with Gasteiger partial charge in [0, 0.05) is 5.92 Å². The van der Waals surface area contributed by atoms with Crippen LogP contribution in [0.2, 0.25) is 0 Å². The number of unbranched alkanes of at least 4 members (excludes halogenated alkanes) is 6. The number of rotatable bonds is 17. The second-order valence-corrected chi connectivity index (χ2v) is 15.8. The largest absolute Gasteiger partial charge is 0.469 e. The van der Waals surface area contributed by atoms with Gasteiger partial charge in [-0.15, -0.1) is 0 Å². The smallest absolute Gasteiger partial charge is 0.311 e. The average Bonchev–Trinajstić information content (AvgIpc) is 3.07. The quantitative estimate of drug-likeness (QED) is 0.126. The Morgan fingerprint density at radius 1 is 0.717 bits per heavy atom. The van der Waals surface area contributed by atoms with Crippen LogP contribution < -0.4 is 0 Å². The summed E-state index contributed by atoms with van der Waals surface area (Å²) in [7, 11) is 1.53. The summed E-state index contributed by atoms with van der Waals surface area (Å²) in [5, 5.41) is 0. The zero-order valence-electron chi connectivity index (χ0n) is 30.2. The molecule has 0 aliphatic heterocycles. The van der Waals surface area contributed by atoms with Crippen molar-refractivity contribution in [2.24, 2.45) is 53.3 Å². The Morgan fingerprint density at radius 2 is 1.28 bits per heavy atom. The number of ketones is 1. The molecule has 10 atom stereocenters. The number of hydrogen-bond acceptors (Lipinski definition) is 4. The van der Waals surface area contributed by atoms with Crippen LogP contribution in [0.15, 0.2) is 30.3 Å². The minimum absolute atomic E-state index is 0.0735. The molecule has 3 fully saturated rings. The maximum Gasteiger partial charge on any atom is 0.311 e. The van der Waals surface area contributed by atoms with E-state index in [1.165, 1.54) is 103 Å². The van der Waals surface area contributed by atoms with Gasteiger partial charge in [-0.1, -0.05) is 115 Å². The van der Waals surface area contributed by atoms with Gasteiger partial charge in [0.05, 0.1) is 25.7 Å². The van der Waals surface area contributed by atoms with E-state index in [-0.39, 0.29) is 23.9 Å². The highest BCUT2D eigenvalue weighted by molar-refractivity contribution is 5.78. The number of carbonyl (C=O) groups excluding carboxylic acids is 2.